The Morgan fingerprint density at radius 1 is 0.920 bits per heavy atom. The van der Waals surface area contributed by atoms with Gasteiger partial charge in [-0.15, -0.1) is 0 Å². The van der Waals surface area contributed by atoms with Gasteiger partial charge >= 0.3 is 5.97 Å². The lowest BCUT2D eigenvalue weighted by Crippen LogP contribution is -2.14. The third kappa shape index (κ3) is 2.76. The molecule has 25 heavy (non-hydrogen) atoms. The number of esters is 1. The number of carbonyl (C=O) groups is 2. The molecule has 0 saturated heterocycles. The number of rotatable bonds is 4. The number of fused-ring (bicyclic) bond motifs is 2. The number of aromatic nitrogens is 2. The largest absolute Gasteiger partial charge is 0.454 e. The first-order chi connectivity index (χ1) is 12.2. The maximum Gasteiger partial charge on any atom is 0.339 e. The molecule has 0 aliphatic heterocycles. The zero-order valence-corrected chi connectivity index (χ0v) is 13.2. The van der Waals surface area contributed by atoms with Crippen molar-refractivity contribution < 1.29 is 14.3 Å². The molecule has 122 valence electrons. The van der Waals surface area contributed by atoms with Gasteiger partial charge in [-0.1, -0.05) is 30.3 Å². The number of aromatic amines is 1. The van der Waals surface area contributed by atoms with E-state index in [-0.39, 0.29) is 12.4 Å². The Hall–Kier alpha value is -3.47. The fourth-order valence-corrected chi connectivity index (χ4v) is 2.87. The summed E-state index contributed by atoms with van der Waals surface area (Å²) in [5.74, 6) is -0.782. The first-order valence-corrected chi connectivity index (χ1v) is 7.84. The minimum absolute atomic E-state index is 0.246. The smallest absolute Gasteiger partial charge is 0.339 e. The van der Waals surface area contributed by atoms with Gasteiger partial charge in [0.05, 0.1) is 11.1 Å². The third-order valence-electron chi connectivity index (χ3n) is 4.09. The molecule has 0 atom stereocenters. The molecule has 1 N–H and O–H groups in total. The van der Waals surface area contributed by atoms with Gasteiger partial charge in [0, 0.05) is 34.2 Å². The van der Waals surface area contributed by atoms with E-state index in [0.29, 0.717) is 22.0 Å². The maximum absolute atomic E-state index is 12.4. The Bertz CT molecular complexity index is 1090. The van der Waals surface area contributed by atoms with E-state index < -0.39 is 5.97 Å². The Kier molecular flexibility index (Phi) is 3.74. The predicted octanol–water partition coefficient (Wildman–Crippen LogP) is 3.76. The summed E-state index contributed by atoms with van der Waals surface area (Å²) in [4.78, 5) is 32.1. The fraction of sp³-hybridized carbons (Fsp3) is 0.0500. The number of nitrogens with one attached hydrogen (secondary N) is 1. The van der Waals surface area contributed by atoms with Crippen molar-refractivity contribution in [3.8, 4) is 0 Å². The van der Waals surface area contributed by atoms with Crippen molar-refractivity contribution in [1.82, 2.24) is 9.97 Å². The number of carbonyl (C=O) groups excluding carboxylic acids is 2. The highest BCUT2D eigenvalue weighted by atomic mass is 16.5. The zero-order chi connectivity index (χ0) is 17.2. The van der Waals surface area contributed by atoms with Crippen LogP contribution < -0.4 is 0 Å². The second-order valence-corrected chi connectivity index (χ2v) is 5.62. The molecule has 0 spiro atoms. The number of hydrogen-bond acceptors (Lipinski definition) is 4. The summed E-state index contributed by atoms with van der Waals surface area (Å²) in [6.45, 7) is -0.308. The Labute approximate surface area is 143 Å². The van der Waals surface area contributed by atoms with Crippen molar-refractivity contribution in [1.29, 1.82) is 0 Å². The van der Waals surface area contributed by atoms with Crippen LogP contribution in [0.3, 0.4) is 0 Å². The van der Waals surface area contributed by atoms with E-state index in [1.165, 1.54) is 0 Å². The molecule has 0 unspecified atom stereocenters. The van der Waals surface area contributed by atoms with Crippen LogP contribution >= 0.6 is 0 Å². The van der Waals surface area contributed by atoms with Crippen LogP contribution in [0.4, 0.5) is 0 Å². The second kappa shape index (κ2) is 6.20. The lowest BCUT2D eigenvalue weighted by Gasteiger charge is -2.06. The summed E-state index contributed by atoms with van der Waals surface area (Å²) < 4.78 is 5.24. The van der Waals surface area contributed by atoms with Gasteiger partial charge in [0.15, 0.2) is 6.61 Å². The van der Waals surface area contributed by atoms with Crippen LogP contribution in [0.5, 0.6) is 0 Å². The summed E-state index contributed by atoms with van der Waals surface area (Å²) in [6.07, 6.45) is 3.31. The molecule has 2 aromatic heterocycles. The molecule has 0 amide bonds. The highest BCUT2D eigenvalue weighted by Gasteiger charge is 2.16. The number of nitrogens with zero attached hydrogens (tertiary/aromatic N) is 1. The van der Waals surface area contributed by atoms with E-state index in [4.69, 9.17) is 4.74 Å². The number of benzene rings is 2. The molecule has 0 saturated carbocycles. The number of H-pyrrole nitrogens is 1. The molecule has 4 rings (SSSR count). The first-order valence-electron chi connectivity index (χ1n) is 7.84. The Morgan fingerprint density at radius 2 is 1.76 bits per heavy atom. The highest BCUT2D eigenvalue weighted by Crippen LogP contribution is 2.20. The molecule has 0 aliphatic carbocycles. The quantitative estimate of drug-likeness (QED) is 0.457. The van der Waals surface area contributed by atoms with Crippen molar-refractivity contribution in [2.24, 2.45) is 0 Å². The van der Waals surface area contributed by atoms with E-state index in [9.17, 15) is 9.59 Å². The molecule has 5 heteroatoms. The number of hydrogen-bond donors (Lipinski definition) is 1. The third-order valence-corrected chi connectivity index (χ3v) is 4.09. The van der Waals surface area contributed by atoms with E-state index in [1.54, 1.807) is 36.7 Å². The summed E-state index contributed by atoms with van der Waals surface area (Å²) in [6, 6.07) is 16.3. The van der Waals surface area contributed by atoms with Crippen molar-refractivity contribution in [3.05, 3.63) is 78.1 Å². The molecule has 4 aromatic rings. The van der Waals surface area contributed by atoms with Crippen molar-refractivity contribution >= 4 is 33.6 Å². The van der Waals surface area contributed by atoms with Crippen LogP contribution in [0.2, 0.25) is 0 Å². The number of ether oxygens (including phenoxy) is 1. The zero-order valence-electron chi connectivity index (χ0n) is 13.2. The van der Waals surface area contributed by atoms with Gasteiger partial charge in [-0.3, -0.25) is 9.78 Å². The normalized spacial score (nSPS) is 10.9. The molecular weight excluding hydrogens is 316 g/mol. The number of pyridine rings is 1. The average Bonchev–Trinajstić information content (AvgIpc) is 3.09. The summed E-state index contributed by atoms with van der Waals surface area (Å²) in [7, 11) is 0. The van der Waals surface area contributed by atoms with Gasteiger partial charge in [0.25, 0.3) is 0 Å². The Morgan fingerprint density at radius 3 is 2.68 bits per heavy atom. The highest BCUT2D eigenvalue weighted by molar-refractivity contribution is 6.10. The Balaban J connectivity index is 1.54. The van der Waals surface area contributed by atoms with Gasteiger partial charge in [0.1, 0.15) is 0 Å². The molecule has 0 radical (unpaired) electrons. The van der Waals surface area contributed by atoms with Gasteiger partial charge in [0.2, 0.25) is 5.78 Å². The van der Waals surface area contributed by atoms with Crippen LogP contribution in [-0.4, -0.2) is 28.3 Å². The standard InChI is InChI=1S/C20H14N2O3/c23-19(16-11-22-18-8-2-1-5-14(16)18)12-25-20(24)15-6-3-9-17-13(15)7-4-10-21-17/h1-11,22H,12H2. The molecule has 0 bridgehead atoms. The van der Waals surface area contributed by atoms with Crippen LogP contribution in [0.25, 0.3) is 21.8 Å². The predicted molar refractivity (Wildman–Crippen MR) is 94.7 cm³/mol. The molecule has 5 nitrogen and oxygen atoms in total. The van der Waals surface area contributed by atoms with Crippen LogP contribution in [0.15, 0.2) is 67.0 Å². The van der Waals surface area contributed by atoms with Crippen molar-refractivity contribution in [2.75, 3.05) is 6.61 Å². The molecule has 2 heterocycles. The average molecular weight is 330 g/mol. The monoisotopic (exact) mass is 330 g/mol. The van der Waals surface area contributed by atoms with Crippen molar-refractivity contribution in [2.45, 2.75) is 0 Å². The molecular formula is C20H14N2O3. The van der Waals surface area contributed by atoms with Crippen molar-refractivity contribution in [3.63, 3.8) is 0 Å². The number of ketones is 1. The summed E-state index contributed by atoms with van der Waals surface area (Å²) >= 11 is 0. The minimum atomic E-state index is -0.535. The lowest BCUT2D eigenvalue weighted by atomic mass is 10.1. The number of para-hydroxylation sites is 1. The maximum atomic E-state index is 12.4. The van der Waals surface area contributed by atoms with E-state index in [1.807, 2.05) is 30.3 Å². The van der Waals surface area contributed by atoms with Gasteiger partial charge in [-0.05, 0) is 24.3 Å². The second-order valence-electron chi connectivity index (χ2n) is 5.62. The van der Waals surface area contributed by atoms with E-state index in [0.717, 1.165) is 10.9 Å². The minimum Gasteiger partial charge on any atom is -0.454 e. The van der Waals surface area contributed by atoms with Crippen LogP contribution in [0.1, 0.15) is 20.7 Å². The lowest BCUT2D eigenvalue weighted by molar-refractivity contribution is 0.0477. The first kappa shape index (κ1) is 15.1. The van der Waals surface area contributed by atoms with Crippen LogP contribution in [0, 0.1) is 0 Å². The van der Waals surface area contributed by atoms with Gasteiger partial charge in [-0.2, -0.15) is 0 Å². The molecule has 0 fully saturated rings. The van der Waals surface area contributed by atoms with Gasteiger partial charge < -0.3 is 9.72 Å². The topological polar surface area (TPSA) is 72.1 Å². The van der Waals surface area contributed by atoms with E-state index >= 15 is 0 Å². The SMILES string of the molecule is O=C(OCC(=O)c1c[nH]c2ccccc12)c1cccc2ncccc12. The fourth-order valence-electron chi connectivity index (χ4n) is 2.87. The number of Topliss-reactive ketones (excluding diaryl/α,β-unsaturated/α-hetero) is 1. The summed E-state index contributed by atoms with van der Waals surface area (Å²) in [5.41, 5.74) is 2.50. The molecule has 0 aliphatic rings. The van der Waals surface area contributed by atoms with Gasteiger partial charge in [-0.25, -0.2) is 4.79 Å². The summed E-state index contributed by atoms with van der Waals surface area (Å²) in [5, 5.41) is 1.52. The van der Waals surface area contributed by atoms with Crippen LogP contribution in [-0.2, 0) is 4.74 Å². The molecule has 2 aromatic carbocycles. The van der Waals surface area contributed by atoms with E-state index in [2.05, 4.69) is 9.97 Å².